The summed E-state index contributed by atoms with van der Waals surface area (Å²) >= 11 is 0. The van der Waals surface area contributed by atoms with E-state index in [4.69, 9.17) is 11.5 Å². The van der Waals surface area contributed by atoms with Crippen molar-refractivity contribution >= 4 is 0 Å². The molecule has 0 saturated heterocycles. The number of aryl methyl sites for hydroxylation is 2. The third-order valence-electron chi connectivity index (χ3n) is 1.93. The smallest absolute Gasteiger partial charge is 0.0419 e. The topological polar surface area (TPSA) is 52.0 Å². The molecule has 4 N–H and O–H groups in total. The molecule has 0 aliphatic carbocycles. The van der Waals surface area contributed by atoms with Gasteiger partial charge in [-0.1, -0.05) is 29.3 Å². The van der Waals surface area contributed by atoms with Crippen LogP contribution >= 0.6 is 0 Å². The lowest BCUT2D eigenvalue weighted by Gasteiger charge is -2.10. The van der Waals surface area contributed by atoms with Crippen LogP contribution in [0.2, 0.25) is 0 Å². The van der Waals surface area contributed by atoms with Crippen LogP contribution in [-0.4, -0.2) is 6.54 Å². The Hall–Kier alpha value is -0.860. The second-order valence-corrected chi connectivity index (χ2v) is 3.26. The molecule has 12 heavy (non-hydrogen) atoms. The van der Waals surface area contributed by atoms with Crippen molar-refractivity contribution in [2.45, 2.75) is 19.9 Å². The van der Waals surface area contributed by atoms with Gasteiger partial charge in [-0.2, -0.15) is 0 Å². The summed E-state index contributed by atoms with van der Waals surface area (Å²) in [6, 6.07) is 6.28. The van der Waals surface area contributed by atoms with Gasteiger partial charge < -0.3 is 11.5 Å². The molecule has 0 amide bonds. The first-order chi connectivity index (χ1) is 5.63. The molecule has 0 radical (unpaired) electrons. The maximum absolute atomic E-state index is 5.81. The predicted octanol–water partition coefficient (Wildman–Crippen LogP) is 1.26. The second kappa shape index (κ2) is 3.70. The van der Waals surface area contributed by atoms with E-state index < -0.39 is 0 Å². The van der Waals surface area contributed by atoms with Gasteiger partial charge in [0.25, 0.3) is 0 Å². The third kappa shape index (κ3) is 2.06. The van der Waals surface area contributed by atoms with Crippen molar-refractivity contribution < 1.29 is 0 Å². The van der Waals surface area contributed by atoms with Crippen molar-refractivity contribution in [3.8, 4) is 0 Å². The van der Waals surface area contributed by atoms with E-state index in [-0.39, 0.29) is 6.04 Å². The van der Waals surface area contributed by atoms with Crippen LogP contribution in [0, 0.1) is 13.8 Å². The van der Waals surface area contributed by atoms with E-state index in [2.05, 4.69) is 32.0 Å². The summed E-state index contributed by atoms with van der Waals surface area (Å²) in [5.74, 6) is 0. The molecule has 1 aromatic rings. The molecule has 0 saturated carbocycles. The van der Waals surface area contributed by atoms with E-state index in [9.17, 15) is 0 Å². The molecule has 0 spiro atoms. The molecular formula is C10H16N2. The Balaban J connectivity index is 3.00. The zero-order valence-electron chi connectivity index (χ0n) is 7.67. The first-order valence-electron chi connectivity index (χ1n) is 4.17. The van der Waals surface area contributed by atoms with Crippen molar-refractivity contribution in [1.29, 1.82) is 0 Å². The summed E-state index contributed by atoms with van der Waals surface area (Å²) in [7, 11) is 0. The van der Waals surface area contributed by atoms with Crippen molar-refractivity contribution in [1.82, 2.24) is 0 Å². The molecule has 1 rings (SSSR count). The molecule has 0 aromatic heterocycles. The molecule has 0 heterocycles. The van der Waals surface area contributed by atoms with Gasteiger partial charge >= 0.3 is 0 Å². The Labute approximate surface area is 73.6 Å². The van der Waals surface area contributed by atoms with Crippen molar-refractivity contribution in [3.63, 3.8) is 0 Å². The Bertz CT molecular complexity index is 248. The maximum atomic E-state index is 5.81. The first-order valence-corrected chi connectivity index (χ1v) is 4.17. The van der Waals surface area contributed by atoms with Crippen LogP contribution in [0.25, 0.3) is 0 Å². The van der Waals surface area contributed by atoms with Crippen LogP contribution in [0.15, 0.2) is 18.2 Å². The summed E-state index contributed by atoms with van der Waals surface area (Å²) in [6.07, 6.45) is 0. The molecule has 1 aromatic carbocycles. The molecule has 1 atom stereocenters. The highest BCUT2D eigenvalue weighted by Crippen LogP contribution is 2.13. The second-order valence-electron chi connectivity index (χ2n) is 3.26. The van der Waals surface area contributed by atoms with Gasteiger partial charge in [-0.25, -0.2) is 0 Å². The molecule has 0 fully saturated rings. The van der Waals surface area contributed by atoms with Gasteiger partial charge in [0, 0.05) is 12.6 Å². The minimum atomic E-state index is -0.0244. The van der Waals surface area contributed by atoms with Gasteiger partial charge in [0.15, 0.2) is 0 Å². The molecule has 2 heteroatoms. The summed E-state index contributed by atoms with van der Waals surface area (Å²) in [6.45, 7) is 4.64. The van der Waals surface area contributed by atoms with E-state index in [0.717, 1.165) is 5.56 Å². The number of hydrogen-bond donors (Lipinski definition) is 2. The lowest BCUT2D eigenvalue weighted by Crippen LogP contribution is -2.20. The molecule has 0 aliphatic heterocycles. The van der Waals surface area contributed by atoms with E-state index in [1.54, 1.807) is 0 Å². The monoisotopic (exact) mass is 164 g/mol. The average Bonchev–Trinajstić information content (AvgIpc) is 2.01. The molecule has 0 unspecified atom stereocenters. The lowest BCUT2D eigenvalue weighted by molar-refractivity contribution is 0.735. The summed E-state index contributed by atoms with van der Waals surface area (Å²) in [4.78, 5) is 0. The highest BCUT2D eigenvalue weighted by Gasteiger charge is 2.03. The number of hydrogen-bond acceptors (Lipinski definition) is 2. The van der Waals surface area contributed by atoms with Crippen molar-refractivity contribution in [2.75, 3.05) is 6.54 Å². The fourth-order valence-corrected chi connectivity index (χ4v) is 1.36. The SMILES string of the molecule is Cc1cc(C)cc([C@H](N)CN)c1. The normalized spacial score (nSPS) is 13.0. The largest absolute Gasteiger partial charge is 0.329 e. The van der Waals surface area contributed by atoms with Crippen molar-refractivity contribution in [2.24, 2.45) is 11.5 Å². The van der Waals surface area contributed by atoms with Crippen molar-refractivity contribution in [3.05, 3.63) is 34.9 Å². The summed E-state index contributed by atoms with van der Waals surface area (Å²) in [5, 5.41) is 0. The molecule has 0 aliphatic rings. The van der Waals surface area contributed by atoms with Gasteiger partial charge in [0.2, 0.25) is 0 Å². The first kappa shape index (κ1) is 9.23. The third-order valence-corrected chi connectivity index (χ3v) is 1.93. The predicted molar refractivity (Wildman–Crippen MR) is 51.9 cm³/mol. The maximum Gasteiger partial charge on any atom is 0.0419 e. The Morgan fingerprint density at radius 1 is 1.17 bits per heavy atom. The summed E-state index contributed by atoms with van der Waals surface area (Å²) < 4.78 is 0. The van der Waals surface area contributed by atoms with Crippen LogP contribution in [-0.2, 0) is 0 Å². The standard InChI is InChI=1S/C10H16N2/c1-7-3-8(2)5-9(4-7)10(12)6-11/h3-5,10H,6,11-12H2,1-2H3/t10-/m1/s1. The molecular weight excluding hydrogens is 148 g/mol. The summed E-state index contributed by atoms with van der Waals surface area (Å²) in [5.41, 5.74) is 14.9. The van der Waals surface area contributed by atoms with E-state index in [1.807, 2.05) is 0 Å². The fourth-order valence-electron chi connectivity index (χ4n) is 1.36. The minimum absolute atomic E-state index is 0.0244. The highest BCUT2D eigenvalue weighted by atomic mass is 14.7. The number of nitrogens with two attached hydrogens (primary N) is 2. The van der Waals surface area contributed by atoms with Gasteiger partial charge in [-0.05, 0) is 19.4 Å². The van der Waals surface area contributed by atoms with Crippen LogP contribution in [0.3, 0.4) is 0 Å². The number of rotatable bonds is 2. The van der Waals surface area contributed by atoms with Gasteiger partial charge in [-0.3, -0.25) is 0 Å². The molecule has 66 valence electrons. The molecule has 2 nitrogen and oxygen atoms in total. The van der Waals surface area contributed by atoms with Gasteiger partial charge in [0.05, 0.1) is 0 Å². The Morgan fingerprint density at radius 2 is 1.67 bits per heavy atom. The van der Waals surface area contributed by atoms with Gasteiger partial charge in [-0.15, -0.1) is 0 Å². The van der Waals surface area contributed by atoms with Gasteiger partial charge in [0.1, 0.15) is 0 Å². The van der Waals surface area contributed by atoms with Crippen LogP contribution in [0.1, 0.15) is 22.7 Å². The Morgan fingerprint density at radius 3 is 2.08 bits per heavy atom. The van der Waals surface area contributed by atoms with Crippen LogP contribution in [0.4, 0.5) is 0 Å². The van der Waals surface area contributed by atoms with Crippen LogP contribution < -0.4 is 11.5 Å². The van der Waals surface area contributed by atoms with Crippen LogP contribution in [0.5, 0.6) is 0 Å². The van der Waals surface area contributed by atoms with E-state index in [0.29, 0.717) is 6.54 Å². The Kier molecular flexibility index (Phi) is 2.84. The quantitative estimate of drug-likeness (QED) is 0.691. The average molecular weight is 164 g/mol. The minimum Gasteiger partial charge on any atom is -0.329 e. The highest BCUT2D eigenvalue weighted by molar-refractivity contribution is 5.30. The fraction of sp³-hybridized carbons (Fsp3) is 0.400. The van der Waals surface area contributed by atoms with E-state index >= 15 is 0 Å². The number of benzene rings is 1. The lowest BCUT2D eigenvalue weighted by atomic mass is 10.0. The molecule has 0 bridgehead atoms. The zero-order chi connectivity index (χ0) is 9.14. The van der Waals surface area contributed by atoms with E-state index in [1.165, 1.54) is 11.1 Å². The zero-order valence-corrected chi connectivity index (χ0v) is 7.67.